The number of hydrogen-bond donors (Lipinski definition) is 0. The van der Waals surface area contributed by atoms with Crippen LogP contribution in [0.3, 0.4) is 0 Å². The molecule has 0 amide bonds. The van der Waals surface area contributed by atoms with Gasteiger partial charge in [-0.15, -0.1) is 10.2 Å². The van der Waals surface area contributed by atoms with Gasteiger partial charge in [0.2, 0.25) is 0 Å². The molecule has 1 heterocycles. The van der Waals surface area contributed by atoms with E-state index >= 15 is 0 Å². The first kappa shape index (κ1) is 16.3. The van der Waals surface area contributed by atoms with Crippen LogP contribution in [0.2, 0.25) is 0 Å². The van der Waals surface area contributed by atoms with Crippen LogP contribution in [-0.2, 0) is 6.61 Å². The maximum absolute atomic E-state index is 5.62. The van der Waals surface area contributed by atoms with E-state index in [9.17, 15) is 0 Å². The van der Waals surface area contributed by atoms with Gasteiger partial charge >= 0.3 is 0 Å². The lowest BCUT2D eigenvalue weighted by Crippen LogP contribution is -1.95. The van der Waals surface area contributed by atoms with Crippen LogP contribution in [0.5, 0.6) is 5.75 Å². The Bertz CT molecular complexity index is 783. The van der Waals surface area contributed by atoms with Gasteiger partial charge in [0.25, 0.3) is 11.1 Å². The van der Waals surface area contributed by atoms with E-state index in [0.717, 1.165) is 11.5 Å². The summed E-state index contributed by atoms with van der Waals surface area (Å²) in [5.74, 6) is 2.04. The van der Waals surface area contributed by atoms with Crippen molar-refractivity contribution in [2.45, 2.75) is 18.8 Å². The van der Waals surface area contributed by atoms with Crippen LogP contribution in [-0.4, -0.2) is 16.0 Å². The molecule has 2 aromatic carbocycles. The average Bonchev–Trinajstić information content (AvgIpc) is 3.07. The standard InChI is InChI=1S/C19H18N2O2S/c1-15-9-11-17(12-10-15)22-14-18-20-21-19(23-18)24-13-5-8-16-6-3-2-4-7-16/h2-12H,13-14H2,1H3/b8-5+. The van der Waals surface area contributed by atoms with Crippen LogP contribution in [0.4, 0.5) is 0 Å². The minimum absolute atomic E-state index is 0.274. The third-order valence-electron chi connectivity index (χ3n) is 3.24. The minimum Gasteiger partial charge on any atom is -0.484 e. The van der Waals surface area contributed by atoms with Gasteiger partial charge in [-0.1, -0.05) is 71.9 Å². The summed E-state index contributed by atoms with van der Waals surface area (Å²) in [4.78, 5) is 0. The van der Waals surface area contributed by atoms with Crippen LogP contribution < -0.4 is 4.74 Å². The monoisotopic (exact) mass is 338 g/mol. The van der Waals surface area contributed by atoms with Gasteiger partial charge in [-0.25, -0.2) is 0 Å². The number of nitrogens with zero attached hydrogens (tertiary/aromatic N) is 2. The summed E-state index contributed by atoms with van der Waals surface area (Å²) in [6.45, 7) is 2.31. The molecule has 0 aliphatic heterocycles. The van der Waals surface area contributed by atoms with Crippen LogP contribution in [0.15, 0.2) is 70.3 Å². The molecule has 0 fully saturated rings. The zero-order valence-corrected chi connectivity index (χ0v) is 14.2. The Balaban J connectivity index is 1.45. The van der Waals surface area contributed by atoms with Crippen LogP contribution in [0, 0.1) is 6.92 Å². The Morgan fingerprint density at radius 2 is 1.83 bits per heavy atom. The van der Waals surface area contributed by atoms with E-state index in [4.69, 9.17) is 9.15 Å². The Morgan fingerprint density at radius 3 is 2.62 bits per heavy atom. The van der Waals surface area contributed by atoms with Crippen molar-refractivity contribution in [2.24, 2.45) is 0 Å². The normalized spacial score (nSPS) is 11.0. The largest absolute Gasteiger partial charge is 0.484 e. The second-order valence-corrected chi connectivity index (χ2v) is 6.16. The quantitative estimate of drug-likeness (QED) is 0.581. The lowest BCUT2D eigenvalue weighted by Gasteiger charge is -2.02. The lowest BCUT2D eigenvalue weighted by atomic mass is 10.2. The molecule has 1 aromatic heterocycles. The Hall–Kier alpha value is -2.53. The molecule has 0 bridgehead atoms. The zero-order chi connectivity index (χ0) is 16.6. The highest BCUT2D eigenvalue weighted by atomic mass is 32.2. The van der Waals surface area contributed by atoms with Gasteiger partial charge in [0.1, 0.15) is 5.75 Å². The summed E-state index contributed by atoms with van der Waals surface area (Å²) in [7, 11) is 0. The fourth-order valence-corrected chi connectivity index (χ4v) is 2.59. The summed E-state index contributed by atoms with van der Waals surface area (Å²) in [5.41, 5.74) is 2.37. The molecule has 5 heteroatoms. The second-order valence-electron chi connectivity index (χ2n) is 5.19. The van der Waals surface area contributed by atoms with Gasteiger partial charge in [-0.3, -0.25) is 0 Å². The smallest absolute Gasteiger partial charge is 0.277 e. The fraction of sp³-hybridized carbons (Fsp3) is 0.158. The van der Waals surface area contributed by atoms with Crippen molar-refractivity contribution < 1.29 is 9.15 Å². The predicted octanol–water partition coefficient (Wildman–Crippen LogP) is 4.76. The number of aromatic nitrogens is 2. The highest BCUT2D eigenvalue weighted by molar-refractivity contribution is 7.99. The molecule has 3 aromatic rings. The predicted molar refractivity (Wildman–Crippen MR) is 96.0 cm³/mol. The van der Waals surface area contributed by atoms with E-state index in [2.05, 4.69) is 34.5 Å². The van der Waals surface area contributed by atoms with E-state index in [1.807, 2.05) is 49.4 Å². The van der Waals surface area contributed by atoms with E-state index in [0.29, 0.717) is 11.1 Å². The van der Waals surface area contributed by atoms with Crippen molar-refractivity contribution in [3.05, 3.63) is 77.7 Å². The molecule has 0 aliphatic carbocycles. The van der Waals surface area contributed by atoms with Gasteiger partial charge in [0.05, 0.1) is 0 Å². The number of ether oxygens (including phenoxy) is 1. The van der Waals surface area contributed by atoms with Gasteiger partial charge in [0.15, 0.2) is 6.61 Å². The van der Waals surface area contributed by atoms with Gasteiger partial charge in [-0.05, 0) is 24.6 Å². The molecule has 0 N–H and O–H groups in total. The molecule has 122 valence electrons. The SMILES string of the molecule is Cc1ccc(OCc2nnc(SC/C=C/c3ccccc3)o2)cc1. The Labute approximate surface area is 145 Å². The molecular formula is C19H18N2O2S. The molecule has 24 heavy (non-hydrogen) atoms. The van der Waals surface area contributed by atoms with E-state index in [-0.39, 0.29) is 6.61 Å². The summed E-state index contributed by atoms with van der Waals surface area (Å²) in [6, 6.07) is 18.0. The summed E-state index contributed by atoms with van der Waals surface area (Å²) in [5, 5.41) is 8.57. The number of rotatable bonds is 7. The van der Waals surface area contributed by atoms with Gasteiger partial charge in [0, 0.05) is 5.75 Å². The first-order valence-corrected chi connectivity index (χ1v) is 8.64. The summed E-state index contributed by atoms with van der Waals surface area (Å²) < 4.78 is 11.2. The first-order chi connectivity index (χ1) is 11.8. The van der Waals surface area contributed by atoms with Crippen molar-refractivity contribution in [1.29, 1.82) is 0 Å². The highest BCUT2D eigenvalue weighted by Crippen LogP contribution is 2.18. The molecule has 4 nitrogen and oxygen atoms in total. The van der Waals surface area contributed by atoms with Crippen LogP contribution in [0.25, 0.3) is 6.08 Å². The average molecular weight is 338 g/mol. The van der Waals surface area contributed by atoms with Crippen molar-refractivity contribution in [1.82, 2.24) is 10.2 Å². The second kappa shape index (κ2) is 8.36. The van der Waals surface area contributed by atoms with Crippen molar-refractivity contribution in [3.63, 3.8) is 0 Å². The van der Waals surface area contributed by atoms with Crippen molar-refractivity contribution in [3.8, 4) is 5.75 Å². The Kier molecular flexibility index (Phi) is 5.69. The van der Waals surface area contributed by atoms with E-state index < -0.39 is 0 Å². The van der Waals surface area contributed by atoms with Gasteiger partial charge < -0.3 is 9.15 Å². The molecule has 0 unspecified atom stereocenters. The number of aryl methyl sites for hydroxylation is 1. The molecule has 0 atom stereocenters. The topological polar surface area (TPSA) is 48.2 Å². The number of hydrogen-bond acceptors (Lipinski definition) is 5. The first-order valence-electron chi connectivity index (χ1n) is 7.66. The van der Waals surface area contributed by atoms with Crippen molar-refractivity contribution in [2.75, 3.05) is 5.75 Å². The van der Waals surface area contributed by atoms with E-state index in [1.165, 1.54) is 22.9 Å². The number of thioether (sulfide) groups is 1. The molecule has 0 saturated carbocycles. The molecule has 3 rings (SSSR count). The zero-order valence-electron chi connectivity index (χ0n) is 13.4. The minimum atomic E-state index is 0.274. The third-order valence-corrected chi connectivity index (χ3v) is 4.02. The molecule has 0 saturated heterocycles. The van der Waals surface area contributed by atoms with Crippen molar-refractivity contribution >= 4 is 17.8 Å². The highest BCUT2D eigenvalue weighted by Gasteiger charge is 2.06. The van der Waals surface area contributed by atoms with Gasteiger partial charge in [-0.2, -0.15) is 0 Å². The molecule has 0 radical (unpaired) electrons. The van der Waals surface area contributed by atoms with Crippen LogP contribution >= 0.6 is 11.8 Å². The van der Waals surface area contributed by atoms with Crippen LogP contribution in [0.1, 0.15) is 17.0 Å². The maximum Gasteiger partial charge on any atom is 0.277 e. The molecule has 0 aliphatic rings. The maximum atomic E-state index is 5.62. The summed E-state index contributed by atoms with van der Waals surface area (Å²) >= 11 is 1.50. The number of benzene rings is 2. The Morgan fingerprint density at radius 1 is 1.04 bits per heavy atom. The third kappa shape index (κ3) is 4.99. The molecular weight excluding hydrogens is 320 g/mol. The summed E-state index contributed by atoms with van der Waals surface area (Å²) in [6.07, 6.45) is 4.15. The van der Waals surface area contributed by atoms with E-state index in [1.54, 1.807) is 0 Å². The lowest BCUT2D eigenvalue weighted by molar-refractivity contribution is 0.252. The molecule has 0 spiro atoms. The fourth-order valence-electron chi connectivity index (χ4n) is 2.00.